The van der Waals surface area contributed by atoms with Crippen LogP contribution in [0.2, 0.25) is 0 Å². The van der Waals surface area contributed by atoms with Gasteiger partial charge in [-0.15, -0.1) is 0 Å². The van der Waals surface area contributed by atoms with Crippen LogP contribution in [0.5, 0.6) is 5.75 Å². The molecule has 2 nitrogen and oxygen atoms in total. The first-order chi connectivity index (χ1) is 8.25. The van der Waals surface area contributed by atoms with Gasteiger partial charge in [-0.2, -0.15) is 0 Å². The molecule has 0 atom stereocenters. The molecule has 0 unspecified atom stereocenters. The van der Waals surface area contributed by atoms with E-state index in [1.54, 1.807) is 0 Å². The molecule has 1 aliphatic heterocycles. The zero-order valence-corrected chi connectivity index (χ0v) is 11.0. The largest absolute Gasteiger partial charge is 0.493 e. The maximum Gasteiger partial charge on any atom is 0.122 e. The van der Waals surface area contributed by atoms with E-state index in [1.165, 1.54) is 43.5 Å². The van der Waals surface area contributed by atoms with Gasteiger partial charge in [-0.3, -0.25) is 0 Å². The first-order valence-electron chi connectivity index (χ1n) is 6.66. The fourth-order valence-electron chi connectivity index (χ4n) is 2.37. The summed E-state index contributed by atoms with van der Waals surface area (Å²) in [6.45, 7) is 7.43. The normalized spacial score (nSPS) is 17.1. The monoisotopic (exact) mass is 233 g/mol. The van der Waals surface area contributed by atoms with Crippen LogP contribution < -0.4 is 10.1 Å². The number of hydrogen-bond donors (Lipinski definition) is 1. The molecule has 0 aliphatic carbocycles. The topological polar surface area (TPSA) is 21.3 Å². The third-order valence-electron chi connectivity index (χ3n) is 3.59. The number of ether oxygens (including phenoxy) is 1. The zero-order chi connectivity index (χ0) is 12.1. The molecular formula is C15H23NO. The second-order valence-electron chi connectivity index (χ2n) is 5.10. The van der Waals surface area contributed by atoms with E-state index in [0.717, 1.165) is 18.3 Å². The Balaban J connectivity index is 1.79. The van der Waals surface area contributed by atoms with E-state index in [1.807, 2.05) is 0 Å². The molecule has 0 aromatic heterocycles. The van der Waals surface area contributed by atoms with Gasteiger partial charge in [0.2, 0.25) is 0 Å². The summed E-state index contributed by atoms with van der Waals surface area (Å²) < 4.78 is 5.90. The third kappa shape index (κ3) is 3.74. The molecule has 1 aromatic carbocycles. The molecule has 0 radical (unpaired) electrons. The predicted octanol–water partition coefficient (Wildman–Crippen LogP) is 3.07. The molecule has 17 heavy (non-hydrogen) atoms. The van der Waals surface area contributed by atoms with Gasteiger partial charge in [0, 0.05) is 0 Å². The van der Waals surface area contributed by atoms with Crippen molar-refractivity contribution in [1.82, 2.24) is 5.32 Å². The van der Waals surface area contributed by atoms with Crippen molar-refractivity contribution in [3.8, 4) is 5.75 Å². The standard InChI is InChI=1S/C15H23NO/c1-12-3-4-13(2)15(11-12)17-10-7-14-5-8-16-9-6-14/h3-4,11,14,16H,5-10H2,1-2H3. The number of aryl methyl sites for hydroxylation is 2. The van der Waals surface area contributed by atoms with Crippen LogP contribution >= 0.6 is 0 Å². The summed E-state index contributed by atoms with van der Waals surface area (Å²) in [5.41, 5.74) is 2.51. The third-order valence-corrected chi connectivity index (χ3v) is 3.59. The molecule has 2 heteroatoms. The lowest BCUT2D eigenvalue weighted by atomic mass is 9.95. The summed E-state index contributed by atoms with van der Waals surface area (Å²) in [5.74, 6) is 1.90. The van der Waals surface area contributed by atoms with E-state index in [4.69, 9.17) is 4.74 Å². The first kappa shape index (κ1) is 12.4. The maximum absolute atomic E-state index is 5.90. The predicted molar refractivity (Wildman–Crippen MR) is 71.6 cm³/mol. The summed E-state index contributed by atoms with van der Waals surface area (Å²) in [5, 5.41) is 3.40. The van der Waals surface area contributed by atoms with E-state index < -0.39 is 0 Å². The van der Waals surface area contributed by atoms with Gasteiger partial charge in [-0.05, 0) is 69.3 Å². The molecule has 1 fully saturated rings. The van der Waals surface area contributed by atoms with Crippen molar-refractivity contribution in [3.63, 3.8) is 0 Å². The fraction of sp³-hybridized carbons (Fsp3) is 0.600. The molecule has 0 bridgehead atoms. The highest BCUT2D eigenvalue weighted by Gasteiger charge is 2.12. The Kier molecular flexibility index (Phi) is 4.43. The SMILES string of the molecule is Cc1ccc(C)c(OCCC2CCNCC2)c1. The van der Waals surface area contributed by atoms with Crippen LogP contribution in [0.25, 0.3) is 0 Å². The molecule has 0 amide bonds. The molecule has 1 N–H and O–H groups in total. The van der Waals surface area contributed by atoms with Crippen molar-refractivity contribution < 1.29 is 4.74 Å². The molecule has 2 rings (SSSR count). The molecule has 1 heterocycles. The van der Waals surface area contributed by atoms with Crippen LogP contribution in [0, 0.1) is 19.8 Å². The van der Waals surface area contributed by atoms with Gasteiger partial charge in [-0.1, -0.05) is 12.1 Å². The first-order valence-corrected chi connectivity index (χ1v) is 6.66. The summed E-state index contributed by atoms with van der Waals surface area (Å²) >= 11 is 0. The van der Waals surface area contributed by atoms with Crippen LogP contribution in [0.15, 0.2) is 18.2 Å². The number of rotatable bonds is 4. The van der Waals surface area contributed by atoms with Crippen LogP contribution in [0.1, 0.15) is 30.4 Å². The number of nitrogens with one attached hydrogen (secondary N) is 1. The van der Waals surface area contributed by atoms with Gasteiger partial charge in [0.1, 0.15) is 5.75 Å². The van der Waals surface area contributed by atoms with Crippen LogP contribution in [-0.2, 0) is 0 Å². The highest BCUT2D eigenvalue weighted by molar-refractivity contribution is 5.35. The molecule has 1 aliphatic rings. The fourth-order valence-corrected chi connectivity index (χ4v) is 2.37. The van der Waals surface area contributed by atoms with Gasteiger partial charge in [-0.25, -0.2) is 0 Å². The van der Waals surface area contributed by atoms with Crippen molar-refractivity contribution in [2.24, 2.45) is 5.92 Å². The quantitative estimate of drug-likeness (QED) is 0.863. The Morgan fingerprint density at radius 3 is 2.76 bits per heavy atom. The Morgan fingerprint density at radius 1 is 1.24 bits per heavy atom. The average Bonchev–Trinajstić information content (AvgIpc) is 2.35. The molecule has 0 spiro atoms. The van der Waals surface area contributed by atoms with Crippen molar-refractivity contribution >= 4 is 0 Å². The lowest BCUT2D eigenvalue weighted by molar-refractivity contribution is 0.250. The summed E-state index contributed by atoms with van der Waals surface area (Å²) in [7, 11) is 0. The van der Waals surface area contributed by atoms with E-state index in [-0.39, 0.29) is 0 Å². The summed E-state index contributed by atoms with van der Waals surface area (Å²) in [6.07, 6.45) is 3.79. The molecule has 1 aromatic rings. The van der Waals surface area contributed by atoms with E-state index in [2.05, 4.69) is 37.4 Å². The zero-order valence-electron chi connectivity index (χ0n) is 11.0. The van der Waals surface area contributed by atoms with Crippen LogP contribution in [0.3, 0.4) is 0 Å². The van der Waals surface area contributed by atoms with Gasteiger partial charge in [0.15, 0.2) is 0 Å². The van der Waals surface area contributed by atoms with Gasteiger partial charge < -0.3 is 10.1 Å². The molecule has 0 saturated carbocycles. The van der Waals surface area contributed by atoms with Crippen LogP contribution in [0.4, 0.5) is 0 Å². The number of benzene rings is 1. The minimum atomic E-state index is 0.848. The van der Waals surface area contributed by atoms with Crippen molar-refractivity contribution in [3.05, 3.63) is 29.3 Å². The highest BCUT2D eigenvalue weighted by Crippen LogP contribution is 2.21. The minimum Gasteiger partial charge on any atom is -0.493 e. The summed E-state index contributed by atoms with van der Waals surface area (Å²) in [4.78, 5) is 0. The second-order valence-corrected chi connectivity index (χ2v) is 5.10. The lowest BCUT2D eigenvalue weighted by Gasteiger charge is -2.22. The lowest BCUT2D eigenvalue weighted by Crippen LogP contribution is -2.28. The Labute approximate surface area is 104 Å². The van der Waals surface area contributed by atoms with Gasteiger partial charge in [0.25, 0.3) is 0 Å². The van der Waals surface area contributed by atoms with E-state index >= 15 is 0 Å². The van der Waals surface area contributed by atoms with Crippen molar-refractivity contribution in [2.75, 3.05) is 19.7 Å². The van der Waals surface area contributed by atoms with Crippen molar-refractivity contribution in [2.45, 2.75) is 33.1 Å². The molecule has 94 valence electrons. The van der Waals surface area contributed by atoms with E-state index in [9.17, 15) is 0 Å². The Bertz CT molecular complexity index is 356. The van der Waals surface area contributed by atoms with Gasteiger partial charge >= 0.3 is 0 Å². The maximum atomic E-state index is 5.90. The smallest absolute Gasteiger partial charge is 0.122 e. The second kappa shape index (κ2) is 6.06. The average molecular weight is 233 g/mol. The summed E-state index contributed by atoms with van der Waals surface area (Å²) in [6, 6.07) is 6.40. The molecular weight excluding hydrogens is 210 g/mol. The van der Waals surface area contributed by atoms with Crippen LogP contribution in [-0.4, -0.2) is 19.7 Å². The van der Waals surface area contributed by atoms with E-state index in [0.29, 0.717) is 0 Å². The van der Waals surface area contributed by atoms with Crippen molar-refractivity contribution in [1.29, 1.82) is 0 Å². The Morgan fingerprint density at radius 2 is 2.00 bits per heavy atom. The Hall–Kier alpha value is -1.02. The number of hydrogen-bond acceptors (Lipinski definition) is 2. The number of piperidine rings is 1. The highest BCUT2D eigenvalue weighted by atomic mass is 16.5. The molecule has 1 saturated heterocycles. The minimum absolute atomic E-state index is 0.848. The van der Waals surface area contributed by atoms with Gasteiger partial charge in [0.05, 0.1) is 6.61 Å².